The van der Waals surface area contributed by atoms with Gasteiger partial charge < -0.3 is 9.30 Å². The third-order valence-corrected chi connectivity index (χ3v) is 4.89. The van der Waals surface area contributed by atoms with E-state index in [1.54, 1.807) is 7.11 Å². The van der Waals surface area contributed by atoms with Gasteiger partial charge >= 0.3 is 0 Å². The van der Waals surface area contributed by atoms with E-state index in [1.165, 1.54) is 18.4 Å². The standard InChI is InChI=1S/C23H28N2O/c1-4-5-13-19(16-18-11-7-6-8-12-18)23-24-21(17-25(23)2)20-14-9-10-15-22(20)26-3/h6-12,14-15,17,19H,4-5,13,16H2,1-3H3. The monoisotopic (exact) mass is 348 g/mol. The number of unbranched alkanes of at least 4 members (excludes halogenated alkanes) is 1. The van der Waals surface area contributed by atoms with E-state index in [2.05, 4.69) is 61.1 Å². The number of aryl methyl sites for hydroxylation is 1. The van der Waals surface area contributed by atoms with Crippen LogP contribution in [0.2, 0.25) is 0 Å². The average Bonchev–Trinajstić information content (AvgIpc) is 3.07. The van der Waals surface area contributed by atoms with Crippen LogP contribution >= 0.6 is 0 Å². The second-order valence-corrected chi connectivity index (χ2v) is 6.82. The Bertz CT molecular complexity index is 823. The quantitative estimate of drug-likeness (QED) is 0.529. The summed E-state index contributed by atoms with van der Waals surface area (Å²) in [5.41, 5.74) is 3.40. The van der Waals surface area contributed by atoms with Crippen LogP contribution in [-0.2, 0) is 13.5 Å². The van der Waals surface area contributed by atoms with Gasteiger partial charge in [0.2, 0.25) is 0 Å². The Kier molecular flexibility index (Phi) is 6.11. The lowest BCUT2D eigenvalue weighted by molar-refractivity contribution is 0.416. The fourth-order valence-corrected chi connectivity index (χ4v) is 3.52. The minimum atomic E-state index is 0.422. The van der Waals surface area contributed by atoms with Gasteiger partial charge in [0.1, 0.15) is 11.6 Å². The van der Waals surface area contributed by atoms with Crippen LogP contribution in [0.5, 0.6) is 5.75 Å². The predicted octanol–water partition coefficient (Wildman–Crippen LogP) is 5.61. The Hall–Kier alpha value is -2.55. The SMILES string of the molecule is CCCCC(Cc1ccccc1)c1nc(-c2ccccc2OC)cn1C. The first-order valence-electron chi connectivity index (χ1n) is 9.43. The van der Waals surface area contributed by atoms with Crippen molar-refractivity contribution in [2.45, 2.75) is 38.5 Å². The van der Waals surface area contributed by atoms with Gasteiger partial charge in [-0.1, -0.05) is 62.2 Å². The van der Waals surface area contributed by atoms with Crippen molar-refractivity contribution < 1.29 is 4.74 Å². The number of hydrogen-bond acceptors (Lipinski definition) is 2. The van der Waals surface area contributed by atoms with Crippen LogP contribution in [0.4, 0.5) is 0 Å². The molecule has 0 saturated carbocycles. The highest BCUT2D eigenvalue weighted by atomic mass is 16.5. The highest BCUT2D eigenvalue weighted by Crippen LogP contribution is 2.32. The van der Waals surface area contributed by atoms with E-state index in [4.69, 9.17) is 9.72 Å². The van der Waals surface area contributed by atoms with Gasteiger partial charge in [0.25, 0.3) is 0 Å². The molecule has 0 aliphatic carbocycles. The molecule has 0 fully saturated rings. The van der Waals surface area contributed by atoms with Gasteiger partial charge in [0, 0.05) is 24.7 Å². The zero-order valence-corrected chi connectivity index (χ0v) is 16.0. The van der Waals surface area contributed by atoms with Crippen LogP contribution in [-0.4, -0.2) is 16.7 Å². The van der Waals surface area contributed by atoms with Crippen LogP contribution < -0.4 is 4.74 Å². The molecule has 1 aromatic heterocycles. The zero-order valence-electron chi connectivity index (χ0n) is 16.0. The second kappa shape index (κ2) is 8.70. The number of nitrogens with zero attached hydrogens (tertiary/aromatic N) is 2. The Morgan fingerprint density at radius 1 is 1.04 bits per heavy atom. The smallest absolute Gasteiger partial charge is 0.128 e. The minimum absolute atomic E-state index is 0.422. The summed E-state index contributed by atoms with van der Waals surface area (Å²) in [6.07, 6.45) is 6.72. The Morgan fingerprint density at radius 3 is 2.50 bits per heavy atom. The van der Waals surface area contributed by atoms with Gasteiger partial charge in [-0.3, -0.25) is 0 Å². The summed E-state index contributed by atoms with van der Waals surface area (Å²) in [4.78, 5) is 5.02. The summed E-state index contributed by atoms with van der Waals surface area (Å²) in [5, 5.41) is 0. The van der Waals surface area contributed by atoms with Gasteiger partial charge in [-0.25, -0.2) is 4.98 Å². The fraction of sp³-hybridized carbons (Fsp3) is 0.348. The zero-order chi connectivity index (χ0) is 18.4. The molecular weight excluding hydrogens is 320 g/mol. The van der Waals surface area contributed by atoms with Crippen molar-refractivity contribution >= 4 is 0 Å². The van der Waals surface area contributed by atoms with E-state index in [0.29, 0.717) is 5.92 Å². The third-order valence-electron chi connectivity index (χ3n) is 4.89. The number of ether oxygens (including phenoxy) is 1. The lowest BCUT2D eigenvalue weighted by Crippen LogP contribution is -2.09. The minimum Gasteiger partial charge on any atom is -0.496 e. The maximum atomic E-state index is 5.52. The molecular formula is C23H28N2O. The predicted molar refractivity (Wildman–Crippen MR) is 108 cm³/mol. The lowest BCUT2D eigenvalue weighted by atomic mass is 9.93. The summed E-state index contributed by atoms with van der Waals surface area (Å²) in [6, 6.07) is 18.8. The highest BCUT2D eigenvalue weighted by Gasteiger charge is 2.19. The summed E-state index contributed by atoms with van der Waals surface area (Å²) in [5.74, 6) is 2.44. The van der Waals surface area contributed by atoms with Crippen LogP contribution in [0, 0.1) is 0 Å². The number of methoxy groups -OCH3 is 1. The van der Waals surface area contributed by atoms with Crippen molar-refractivity contribution in [2.24, 2.45) is 7.05 Å². The first-order chi connectivity index (χ1) is 12.7. The van der Waals surface area contributed by atoms with Crippen molar-refractivity contribution in [3.05, 3.63) is 72.2 Å². The van der Waals surface area contributed by atoms with Crippen LogP contribution in [0.3, 0.4) is 0 Å². The van der Waals surface area contributed by atoms with Crippen LogP contribution in [0.1, 0.15) is 43.5 Å². The molecule has 0 aliphatic heterocycles. The second-order valence-electron chi connectivity index (χ2n) is 6.82. The summed E-state index contributed by atoms with van der Waals surface area (Å²) >= 11 is 0. The van der Waals surface area contributed by atoms with Crippen molar-refractivity contribution in [1.29, 1.82) is 0 Å². The molecule has 2 aromatic carbocycles. The van der Waals surface area contributed by atoms with Crippen LogP contribution in [0.15, 0.2) is 60.8 Å². The molecule has 0 saturated heterocycles. The molecule has 0 bridgehead atoms. The molecule has 3 heteroatoms. The molecule has 0 N–H and O–H groups in total. The van der Waals surface area contributed by atoms with Crippen molar-refractivity contribution in [3.63, 3.8) is 0 Å². The molecule has 1 unspecified atom stereocenters. The number of imidazole rings is 1. The van der Waals surface area contributed by atoms with Gasteiger partial charge in [-0.15, -0.1) is 0 Å². The summed E-state index contributed by atoms with van der Waals surface area (Å²) in [6.45, 7) is 2.25. The number of hydrogen-bond donors (Lipinski definition) is 0. The molecule has 0 aliphatic rings. The molecule has 136 valence electrons. The van der Waals surface area contributed by atoms with E-state index >= 15 is 0 Å². The van der Waals surface area contributed by atoms with Crippen LogP contribution in [0.25, 0.3) is 11.3 Å². The molecule has 1 atom stereocenters. The molecule has 3 aromatic rings. The first-order valence-corrected chi connectivity index (χ1v) is 9.43. The normalized spacial score (nSPS) is 12.1. The molecule has 1 heterocycles. The first kappa shape index (κ1) is 18.2. The fourth-order valence-electron chi connectivity index (χ4n) is 3.52. The molecule has 3 nitrogen and oxygen atoms in total. The highest BCUT2D eigenvalue weighted by molar-refractivity contribution is 5.66. The Balaban J connectivity index is 1.93. The van der Waals surface area contributed by atoms with E-state index in [1.807, 2.05) is 18.2 Å². The molecule has 0 spiro atoms. The maximum Gasteiger partial charge on any atom is 0.128 e. The number of para-hydroxylation sites is 1. The van der Waals surface area contributed by atoms with E-state index in [9.17, 15) is 0 Å². The van der Waals surface area contributed by atoms with Gasteiger partial charge in [-0.2, -0.15) is 0 Å². The number of benzene rings is 2. The molecule has 3 rings (SSSR count). The summed E-state index contributed by atoms with van der Waals surface area (Å²) < 4.78 is 7.71. The Labute approximate surface area is 156 Å². The van der Waals surface area contributed by atoms with E-state index in [-0.39, 0.29) is 0 Å². The molecule has 0 amide bonds. The van der Waals surface area contributed by atoms with Gasteiger partial charge in [0.15, 0.2) is 0 Å². The van der Waals surface area contributed by atoms with E-state index < -0.39 is 0 Å². The summed E-state index contributed by atoms with van der Waals surface area (Å²) in [7, 11) is 3.81. The third kappa shape index (κ3) is 4.16. The average molecular weight is 348 g/mol. The molecule has 0 radical (unpaired) electrons. The number of rotatable bonds is 8. The van der Waals surface area contributed by atoms with E-state index in [0.717, 1.165) is 35.7 Å². The van der Waals surface area contributed by atoms with Gasteiger partial charge in [0.05, 0.1) is 12.8 Å². The number of aromatic nitrogens is 2. The largest absolute Gasteiger partial charge is 0.496 e. The Morgan fingerprint density at radius 2 is 1.77 bits per heavy atom. The molecule has 26 heavy (non-hydrogen) atoms. The van der Waals surface area contributed by atoms with Crippen molar-refractivity contribution in [1.82, 2.24) is 9.55 Å². The van der Waals surface area contributed by atoms with Crippen molar-refractivity contribution in [2.75, 3.05) is 7.11 Å². The lowest BCUT2D eigenvalue weighted by Gasteiger charge is -2.16. The van der Waals surface area contributed by atoms with Gasteiger partial charge in [-0.05, 0) is 30.5 Å². The topological polar surface area (TPSA) is 27.1 Å². The maximum absolute atomic E-state index is 5.52. The van der Waals surface area contributed by atoms with Crippen molar-refractivity contribution in [3.8, 4) is 17.0 Å².